The lowest BCUT2D eigenvalue weighted by atomic mass is 9.76. The molecule has 0 radical (unpaired) electrons. The van der Waals surface area contributed by atoms with Crippen LogP contribution in [0.2, 0.25) is 0 Å². The third-order valence-electron chi connectivity index (χ3n) is 7.18. The second kappa shape index (κ2) is 5.89. The van der Waals surface area contributed by atoms with E-state index in [1.165, 1.54) is 0 Å². The predicted octanol–water partition coefficient (Wildman–Crippen LogP) is 2.10. The van der Waals surface area contributed by atoms with Crippen molar-refractivity contribution in [3.05, 3.63) is 22.8 Å². The highest BCUT2D eigenvalue weighted by molar-refractivity contribution is 5.94. The molecule has 0 aromatic heterocycles. The van der Waals surface area contributed by atoms with Gasteiger partial charge < -0.3 is 24.4 Å². The number of carbonyl (C=O) groups is 1. The molecule has 4 aliphatic rings. The number of ether oxygens (including phenoxy) is 3. The molecule has 3 heterocycles. The molecule has 3 aliphatic heterocycles. The van der Waals surface area contributed by atoms with Gasteiger partial charge >= 0.3 is 5.97 Å². The first-order valence-corrected chi connectivity index (χ1v) is 9.88. The molecule has 0 aromatic carbocycles. The molecule has 2 N–H and O–H groups in total. The Morgan fingerprint density at radius 3 is 2.70 bits per heavy atom. The van der Waals surface area contributed by atoms with E-state index in [-0.39, 0.29) is 36.4 Å². The average Bonchev–Trinajstić information content (AvgIpc) is 2.98. The van der Waals surface area contributed by atoms with E-state index in [0.717, 1.165) is 17.6 Å². The molecule has 4 rings (SSSR count). The molecule has 150 valence electrons. The number of rotatable bonds is 3. The molecule has 1 aliphatic carbocycles. The van der Waals surface area contributed by atoms with Crippen molar-refractivity contribution in [1.29, 1.82) is 0 Å². The molecule has 27 heavy (non-hydrogen) atoms. The fourth-order valence-electron chi connectivity index (χ4n) is 5.60. The van der Waals surface area contributed by atoms with Crippen molar-refractivity contribution in [2.45, 2.75) is 70.1 Å². The molecule has 0 spiro atoms. The molecular formula is C21H30O6. The first-order chi connectivity index (χ1) is 12.6. The van der Waals surface area contributed by atoms with Crippen LogP contribution in [0, 0.1) is 17.8 Å². The largest absolute Gasteiger partial charge is 0.445 e. The predicted molar refractivity (Wildman–Crippen MR) is 97.6 cm³/mol. The van der Waals surface area contributed by atoms with Gasteiger partial charge in [0.2, 0.25) is 5.79 Å². The van der Waals surface area contributed by atoms with Crippen molar-refractivity contribution in [2.75, 3.05) is 13.7 Å². The van der Waals surface area contributed by atoms with Gasteiger partial charge in [-0.1, -0.05) is 20.8 Å². The lowest BCUT2D eigenvalue weighted by Crippen LogP contribution is -2.60. The number of aliphatic hydroxyl groups is 2. The standard InChI is InChI=1S/C21H30O6/c1-11(2)17-14-8-16-12(3)13-6-7-20(23,10-25-5)15(13)9-21(24,26-16)19(14,4)27-18(17)22/h9,11-13,16,23-24H,6-8,10H2,1-5H3/t12-,13+,16-,19+,20+,21-/m1/s1. The fraction of sp³-hybridized carbons (Fsp3) is 0.762. The Morgan fingerprint density at radius 1 is 1.37 bits per heavy atom. The van der Waals surface area contributed by atoms with Crippen molar-refractivity contribution in [3.63, 3.8) is 0 Å². The molecule has 0 aromatic rings. The highest BCUT2D eigenvalue weighted by Gasteiger charge is 2.65. The smallest absolute Gasteiger partial charge is 0.335 e. The number of hydrogen-bond acceptors (Lipinski definition) is 6. The van der Waals surface area contributed by atoms with E-state index >= 15 is 0 Å². The Balaban J connectivity index is 1.90. The molecule has 1 saturated heterocycles. The van der Waals surface area contributed by atoms with Crippen LogP contribution in [0.4, 0.5) is 0 Å². The molecule has 6 atom stereocenters. The van der Waals surface area contributed by atoms with Gasteiger partial charge in [0.15, 0.2) is 5.60 Å². The van der Waals surface area contributed by atoms with Gasteiger partial charge in [0.1, 0.15) is 5.60 Å². The van der Waals surface area contributed by atoms with Gasteiger partial charge in [0, 0.05) is 12.7 Å². The highest BCUT2D eigenvalue weighted by atomic mass is 16.7. The van der Waals surface area contributed by atoms with Gasteiger partial charge in [0.05, 0.1) is 12.7 Å². The highest BCUT2D eigenvalue weighted by Crippen LogP contribution is 2.57. The summed E-state index contributed by atoms with van der Waals surface area (Å²) in [7, 11) is 1.56. The van der Waals surface area contributed by atoms with Crippen LogP contribution >= 0.6 is 0 Å². The molecule has 0 amide bonds. The Hall–Kier alpha value is -1.21. The summed E-state index contributed by atoms with van der Waals surface area (Å²) in [6.45, 7) is 7.92. The number of fused-ring (bicyclic) bond motifs is 5. The Labute approximate surface area is 160 Å². The molecular weight excluding hydrogens is 348 g/mol. The summed E-state index contributed by atoms with van der Waals surface area (Å²) >= 11 is 0. The summed E-state index contributed by atoms with van der Waals surface area (Å²) in [5.41, 5.74) is -0.181. The summed E-state index contributed by atoms with van der Waals surface area (Å²) in [4.78, 5) is 12.6. The lowest BCUT2D eigenvalue weighted by Gasteiger charge is -2.47. The van der Waals surface area contributed by atoms with Gasteiger partial charge in [0.25, 0.3) is 0 Å². The molecule has 2 bridgehead atoms. The second-order valence-corrected chi connectivity index (χ2v) is 9.10. The zero-order valence-electron chi connectivity index (χ0n) is 16.7. The fourth-order valence-corrected chi connectivity index (χ4v) is 5.60. The zero-order chi connectivity index (χ0) is 19.8. The van der Waals surface area contributed by atoms with Crippen LogP contribution in [0.25, 0.3) is 0 Å². The number of hydrogen-bond donors (Lipinski definition) is 2. The minimum Gasteiger partial charge on any atom is -0.445 e. The Kier molecular flexibility index (Phi) is 4.17. The minimum atomic E-state index is -1.80. The van der Waals surface area contributed by atoms with Crippen molar-refractivity contribution >= 4 is 5.97 Å². The summed E-state index contributed by atoms with van der Waals surface area (Å²) in [6, 6.07) is 0. The van der Waals surface area contributed by atoms with Crippen molar-refractivity contribution < 1.29 is 29.2 Å². The van der Waals surface area contributed by atoms with E-state index in [1.54, 1.807) is 20.1 Å². The van der Waals surface area contributed by atoms with Crippen LogP contribution in [0.3, 0.4) is 0 Å². The van der Waals surface area contributed by atoms with Crippen LogP contribution in [0.1, 0.15) is 47.0 Å². The zero-order valence-corrected chi connectivity index (χ0v) is 16.7. The van der Waals surface area contributed by atoms with Crippen molar-refractivity contribution in [1.82, 2.24) is 0 Å². The molecule has 2 fully saturated rings. The Bertz CT molecular complexity index is 739. The van der Waals surface area contributed by atoms with Gasteiger partial charge in [-0.15, -0.1) is 0 Å². The van der Waals surface area contributed by atoms with Crippen LogP contribution < -0.4 is 0 Å². The van der Waals surface area contributed by atoms with E-state index in [9.17, 15) is 15.0 Å². The van der Waals surface area contributed by atoms with Gasteiger partial charge in [-0.25, -0.2) is 4.79 Å². The normalized spacial score (nSPS) is 46.1. The summed E-state index contributed by atoms with van der Waals surface area (Å²) in [5, 5.41) is 22.8. The minimum absolute atomic E-state index is 0.00552. The lowest BCUT2D eigenvalue weighted by molar-refractivity contribution is -0.293. The quantitative estimate of drug-likeness (QED) is 0.578. The third-order valence-corrected chi connectivity index (χ3v) is 7.18. The summed E-state index contributed by atoms with van der Waals surface area (Å²) in [5.74, 6) is -1.98. The maximum Gasteiger partial charge on any atom is 0.335 e. The van der Waals surface area contributed by atoms with Crippen LogP contribution in [-0.2, 0) is 19.0 Å². The van der Waals surface area contributed by atoms with Crippen LogP contribution in [0.15, 0.2) is 22.8 Å². The van der Waals surface area contributed by atoms with Crippen LogP contribution in [0.5, 0.6) is 0 Å². The average molecular weight is 378 g/mol. The molecule has 1 saturated carbocycles. The van der Waals surface area contributed by atoms with Gasteiger partial charge in [-0.3, -0.25) is 0 Å². The molecule has 0 unspecified atom stereocenters. The number of esters is 1. The molecule has 6 heteroatoms. The van der Waals surface area contributed by atoms with Crippen molar-refractivity contribution in [3.8, 4) is 0 Å². The summed E-state index contributed by atoms with van der Waals surface area (Å²) < 4.78 is 17.2. The van der Waals surface area contributed by atoms with E-state index in [0.29, 0.717) is 18.4 Å². The van der Waals surface area contributed by atoms with E-state index in [4.69, 9.17) is 14.2 Å². The topological polar surface area (TPSA) is 85.2 Å². The maximum absolute atomic E-state index is 12.6. The second-order valence-electron chi connectivity index (χ2n) is 9.10. The van der Waals surface area contributed by atoms with E-state index < -0.39 is 17.0 Å². The first kappa shape index (κ1) is 19.1. The monoisotopic (exact) mass is 378 g/mol. The van der Waals surface area contributed by atoms with E-state index in [2.05, 4.69) is 6.92 Å². The third kappa shape index (κ3) is 2.43. The molecule has 6 nitrogen and oxygen atoms in total. The van der Waals surface area contributed by atoms with Gasteiger partial charge in [-0.2, -0.15) is 0 Å². The van der Waals surface area contributed by atoms with Gasteiger partial charge in [-0.05, 0) is 61.2 Å². The number of carbonyl (C=O) groups excluding carboxylic acids is 1. The number of methoxy groups -OCH3 is 1. The SMILES string of the molecule is COC[C@@]1(O)CC[C@@H]2C1=C[C@@]1(O)O[C@H](CC3=C(C(C)C)C(=O)O[C@@]31C)[C@@H]2C. The first-order valence-electron chi connectivity index (χ1n) is 9.88. The van der Waals surface area contributed by atoms with Crippen LogP contribution in [-0.4, -0.2) is 53.0 Å². The van der Waals surface area contributed by atoms with E-state index in [1.807, 2.05) is 13.8 Å². The Morgan fingerprint density at radius 2 is 2.07 bits per heavy atom. The van der Waals surface area contributed by atoms with Crippen molar-refractivity contribution in [2.24, 2.45) is 17.8 Å². The summed E-state index contributed by atoms with van der Waals surface area (Å²) in [6.07, 6.45) is 3.33. The maximum atomic E-state index is 12.6.